The fourth-order valence-corrected chi connectivity index (χ4v) is 3.76. The molecule has 0 aliphatic rings. The highest BCUT2D eigenvalue weighted by Crippen LogP contribution is 2.18. The molecule has 0 unspecified atom stereocenters. The van der Waals surface area contributed by atoms with Crippen molar-refractivity contribution in [2.75, 3.05) is 19.0 Å². The number of aromatic nitrogens is 1. The Morgan fingerprint density at radius 1 is 1.09 bits per heavy atom. The minimum absolute atomic E-state index is 0.0432. The van der Waals surface area contributed by atoms with Crippen molar-refractivity contribution in [1.29, 1.82) is 0 Å². The lowest BCUT2D eigenvalue weighted by atomic mass is 10.1. The minimum atomic E-state index is -0.597. The Hall–Kier alpha value is -3.72. The number of benzene rings is 2. The largest absolute Gasteiger partial charge is 0.496 e. The van der Waals surface area contributed by atoms with Crippen LogP contribution in [0.1, 0.15) is 32.2 Å². The molecule has 0 radical (unpaired) electrons. The number of carbonyl (C=O) groups is 3. The van der Waals surface area contributed by atoms with Crippen LogP contribution < -0.4 is 15.4 Å². The van der Waals surface area contributed by atoms with Crippen LogP contribution in [0, 0.1) is 13.8 Å². The van der Waals surface area contributed by atoms with Crippen molar-refractivity contribution in [3.05, 3.63) is 75.2 Å². The number of anilines is 1. The van der Waals surface area contributed by atoms with Gasteiger partial charge in [-0.2, -0.15) is 0 Å². The standard InChI is InChI=1S/C24H25N3O5S/c1-15-8-9-16(2)19(10-15)27-21(28)11-22-26-17(14-33-22)13-32-23(29)12-25-24(30)18-6-4-5-7-20(18)31-3/h4-10,14H,11-13H2,1-3H3,(H,25,30)(H,27,28). The van der Waals surface area contributed by atoms with Gasteiger partial charge in [0.1, 0.15) is 23.9 Å². The van der Waals surface area contributed by atoms with Gasteiger partial charge < -0.3 is 20.1 Å². The molecular weight excluding hydrogens is 442 g/mol. The van der Waals surface area contributed by atoms with Crippen LogP contribution in [0.15, 0.2) is 47.8 Å². The van der Waals surface area contributed by atoms with Crippen LogP contribution in [0.25, 0.3) is 0 Å². The molecule has 172 valence electrons. The zero-order valence-electron chi connectivity index (χ0n) is 18.6. The predicted molar refractivity (Wildman–Crippen MR) is 125 cm³/mol. The molecular formula is C24H25N3O5S. The van der Waals surface area contributed by atoms with Gasteiger partial charge in [0.15, 0.2) is 0 Å². The van der Waals surface area contributed by atoms with Gasteiger partial charge in [0.2, 0.25) is 5.91 Å². The normalized spacial score (nSPS) is 10.4. The number of thiazole rings is 1. The highest BCUT2D eigenvalue weighted by atomic mass is 32.1. The second kappa shape index (κ2) is 11.2. The zero-order valence-corrected chi connectivity index (χ0v) is 19.5. The first-order valence-electron chi connectivity index (χ1n) is 10.2. The van der Waals surface area contributed by atoms with E-state index in [2.05, 4.69) is 15.6 Å². The number of amides is 2. The van der Waals surface area contributed by atoms with Gasteiger partial charge in [0, 0.05) is 11.1 Å². The van der Waals surface area contributed by atoms with Crippen molar-refractivity contribution in [1.82, 2.24) is 10.3 Å². The highest BCUT2D eigenvalue weighted by Gasteiger charge is 2.14. The van der Waals surface area contributed by atoms with Crippen LogP contribution in [-0.4, -0.2) is 36.4 Å². The molecule has 1 aromatic heterocycles. The van der Waals surface area contributed by atoms with E-state index in [-0.39, 0.29) is 25.5 Å². The Morgan fingerprint density at radius 3 is 2.67 bits per heavy atom. The van der Waals surface area contributed by atoms with Crippen molar-refractivity contribution in [2.24, 2.45) is 0 Å². The van der Waals surface area contributed by atoms with E-state index in [1.165, 1.54) is 18.4 Å². The molecule has 0 aliphatic carbocycles. The van der Waals surface area contributed by atoms with E-state index in [9.17, 15) is 14.4 Å². The first-order valence-corrected chi connectivity index (χ1v) is 11.1. The Morgan fingerprint density at radius 2 is 1.88 bits per heavy atom. The maximum Gasteiger partial charge on any atom is 0.325 e. The third-order valence-corrected chi connectivity index (χ3v) is 5.60. The highest BCUT2D eigenvalue weighted by molar-refractivity contribution is 7.09. The van der Waals surface area contributed by atoms with Crippen molar-refractivity contribution < 1.29 is 23.9 Å². The Kier molecular flexibility index (Phi) is 8.15. The van der Waals surface area contributed by atoms with Gasteiger partial charge in [-0.1, -0.05) is 24.3 Å². The molecule has 3 rings (SSSR count). The second-order valence-electron chi connectivity index (χ2n) is 7.32. The number of nitrogens with zero attached hydrogens (tertiary/aromatic N) is 1. The predicted octanol–water partition coefficient (Wildman–Crippen LogP) is 3.42. The van der Waals surface area contributed by atoms with Gasteiger partial charge in [-0.25, -0.2) is 4.98 Å². The lowest BCUT2D eigenvalue weighted by Gasteiger charge is -2.09. The van der Waals surface area contributed by atoms with E-state index >= 15 is 0 Å². The molecule has 2 aromatic carbocycles. The number of carbonyl (C=O) groups excluding carboxylic acids is 3. The molecule has 0 aliphatic heterocycles. The summed E-state index contributed by atoms with van der Waals surface area (Å²) in [4.78, 5) is 40.9. The molecule has 8 nitrogen and oxygen atoms in total. The van der Waals surface area contributed by atoms with Crippen LogP contribution in [0.4, 0.5) is 5.69 Å². The quantitative estimate of drug-likeness (QED) is 0.467. The molecule has 0 bridgehead atoms. The zero-order chi connectivity index (χ0) is 23.8. The van der Waals surface area contributed by atoms with E-state index in [0.29, 0.717) is 22.0 Å². The molecule has 0 fully saturated rings. The monoisotopic (exact) mass is 467 g/mol. The van der Waals surface area contributed by atoms with Crippen molar-refractivity contribution in [3.63, 3.8) is 0 Å². The molecule has 0 saturated carbocycles. The van der Waals surface area contributed by atoms with Crippen LogP contribution in [0.2, 0.25) is 0 Å². The molecule has 3 aromatic rings. The van der Waals surface area contributed by atoms with Crippen molar-refractivity contribution >= 4 is 34.8 Å². The fourth-order valence-electron chi connectivity index (χ4n) is 2.98. The van der Waals surface area contributed by atoms with Gasteiger partial charge in [-0.05, 0) is 43.2 Å². The molecule has 33 heavy (non-hydrogen) atoms. The number of aryl methyl sites for hydroxylation is 2. The number of nitrogens with one attached hydrogen (secondary N) is 2. The summed E-state index contributed by atoms with van der Waals surface area (Å²) in [6.45, 7) is 3.57. The number of ether oxygens (including phenoxy) is 2. The van der Waals surface area contributed by atoms with Crippen LogP contribution in [0.3, 0.4) is 0 Å². The van der Waals surface area contributed by atoms with Gasteiger partial charge in [-0.3, -0.25) is 14.4 Å². The molecule has 2 N–H and O–H groups in total. The lowest BCUT2D eigenvalue weighted by molar-refractivity contribution is -0.143. The number of para-hydroxylation sites is 1. The SMILES string of the molecule is COc1ccccc1C(=O)NCC(=O)OCc1csc(CC(=O)Nc2cc(C)ccc2C)n1. The number of rotatable bonds is 9. The maximum atomic E-state index is 12.4. The smallest absolute Gasteiger partial charge is 0.325 e. The molecule has 9 heteroatoms. The Balaban J connectivity index is 1.44. The second-order valence-corrected chi connectivity index (χ2v) is 8.26. The summed E-state index contributed by atoms with van der Waals surface area (Å²) in [7, 11) is 1.47. The molecule has 1 heterocycles. The van der Waals surface area contributed by atoms with Crippen molar-refractivity contribution in [2.45, 2.75) is 26.9 Å². The molecule has 0 spiro atoms. The maximum absolute atomic E-state index is 12.4. The van der Waals surface area contributed by atoms with Gasteiger partial charge in [-0.15, -0.1) is 11.3 Å². The van der Waals surface area contributed by atoms with Gasteiger partial charge >= 0.3 is 5.97 Å². The average molecular weight is 468 g/mol. The summed E-state index contributed by atoms with van der Waals surface area (Å²) in [5.74, 6) is -0.781. The molecule has 2 amide bonds. The number of hydrogen-bond donors (Lipinski definition) is 2. The summed E-state index contributed by atoms with van der Waals surface area (Å²) in [6, 6.07) is 12.6. The first kappa shape index (κ1) is 23.9. The number of hydrogen-bond acceptors (Lipinski definition) is 7. The van der Waals surface area contributed by atoms with Crippen LogP contribution in [-0.2, 0) is 27.4 Å². The number of esters is 1. The summed E-state index contributed by atoms with van der Waals surface area (Å²) in [5.41, 5.74) is 3.70. The van der Waals surface area contributed by atoms with E-state index < -0.39 is 11.9 Å². The van der Waals surface area contributed by atoms with E-state index in [1.807, 2.05) is 32.0 Å². The number of methoxy groups -OCH3 is 1. The van der Waals surface area contributed by atoms with Crippen LogP contribution in [0.5, 0.6) is 5.75 Å². The summed E-state index contributed by atoms with van der Waals surface area (Å²) < 4.78 is 10.3. The van der Waals surface area contributed by atoms with Gasteiger partial charge in [0.25, 0.3) is 5.91 Å². The van der Waals surface area contributed by atoms with E-state index in [0.717, 1.165) is 16.8 Å². The van der Waals surface area contributed by atoms with Crippen LogP contribution >= 0.6 is 11.3 Å². The minimum Gasteiger partial charge on any atom is -0.496 e. The fraction of sp³-hybridized carbons (Fsp3) is 0.250. The third kappa shape index (κ3) is 6.88. The average Bonchev–Trinajstić information content (AvgIpc) is 3.25. The van der Waals surface area contributed by atoms with Gasteiger partial charge in [0.05, 0.1) is 24.8 Å². The Bertz CT molecular complexity index is 1160. The topological polar surface area (TPSA) is 107 Å². The Labute approximate surface area is 196 Å². The van der Waals surface area contributed by atoms with E-state index in [4.69, 9.17) is 9.47 Å². The van der Waals surface area contributed by atoms with Crippen molar-refractivity contribution in [3.8, 4) is 5.75 Å². The lowest BCUT2D eigenvalue weighted by Crippen LogP contribution is -2.30. The molecule has 0 saturated heterocycles. The molecule has 0 atom stereocenters. The first-order chi connectivity index (χ1) is 15.9. The summed E-state index contributed by atoms with van der Waals surface area (Å²) >= 11 is 1.32. The van der Waals surface area contributed by atoms with E-state index in [1.54, 1.807) is 29.6 Å². The summed E-state index contributed by atoms with van der Waals surface area (Å²) in [6.07, 6.45) is 0.126. The summed E-state index contributed by atoms with van der Waals surface area (Å²) in [5, 5.41) is 7.77. The third-order valence-electron chi connectivity index (χ3n) is 4.70.